The highest BCUT2D eigenvalue weighted by Crippen LogP contribution is 2.22. The lowest BCUT2D eigenvalue weighted by Gasteiger charge is -2.10. The van der Waals surface area contributed by atoms with Crippen LogP contribution in [0.3, 0.4) is 0 Å². The highest BCUT2D eigenvalue weighted by Gasteiger charge is 2.04. The van der Waals surface area contributed by atoms with Crippen molar-refractivity contribution in [3.63, 3.8) is 0 Å². The number of para-hydroxylation sites is 1. The van der Waals surface area contributed by atoms with Crippen molar-refractivity contribution in [2.24, 2.45) is 0 Å². The second-order valence-electron chi connectivity index (χ2n) is 4.49. The summed E-state index contributed by atoms with van der Waals surface area (Å²) in [4.78, 5) is 0. The van der Waals surface area contributed by atoms with Gasteiger partial charge in [-0.05, 0) is 48.6 Å². The molecule has 2 nitrogen and oxygen atoms in total. The van der Waals surface area contributed by atoms with E-state index >= 15 is 0 Å². The first-order valence-corrected chi connectivity index (χ1v) is 6.33. The third-order valence-corrected chi connectivity index (χ3v) is 3.42. The monoisotopic (exact) mass is 260 g/mol. The summed E-state index contributed by atoms with van der Waals surface area (Å²) in [6, 6.07) is 11.8. The van der Waals surface area contributed by atoms with Gasteiger partial charge in [0, 0.05) is 16.4 Å². The number of nitrogen functional groups attached to an aromatic ring is 2. The summed E-state index contributed by atoms with van der Waals surface area (Å²) < 4.78 is 0. The molecule has 3 heteroatoms. The number of halogens is 1. The van der Waals surface area contributed by atoms with Gasteiger partial charge in [-0.1, -0.05) is 35.9 Å². The molecule has 0 atom stereocenters. The average Bonchev–Trinajstić information content (AvgIpc) is 2.33. The summed E-state index contributed by atoms with van der Waals surface area (Å²) >= 11 is 5.88. The molecule has 2 aromatic carbocycles. The maximum atomic E-state index is 6.06. The van der Waals surface area contributed by atoms with Gasteiger partial charge in [0.05, 0.1) is 0 Å². The number of anilines is 2. The van der Waals surface area contributed by atoms with E-state index < -0.39 is 0 Å². The van der Waals surface area contributed by atoms with Gasteiger partial charge in [0.25, 0.3) is 0 Å². The fourth-order valence-corrected chi connectivity index (χ4v) is 2.20. The van der Waals surface area contributed by atoms with Crippen LogP contribution in [0.4, 0.5) is 11.4 Å². The van der Waals surface area contributed by atoms with E-state index in [2.05, 4.69) is 6.07 Å². The number of hydrogen-bond acceptors (Lipinski definition) is 2. The first kappa shape index (κ1) is 12.8. The van der Waals surface area contributed by atoms with Crippen molar-refractivity contribution < 1.29 is 0 Å². The lowest BCUT2D eigenvalue weighted by Crippen LogP contribution is -2.01. The molecule has 18 heavy (non-hydrogen) atoms. The molecule has 0 aliphatic rings. The molecule has 0 spiro atoms. The van der Waals surface area contributed by atoms with Crippen molar-refractivity contribution in [1.82, 2.24) is 0 Å². The average molecular weight is 261 g/mol. The Bertz CT molecular complexity index is 564. The molecule has 0 aromatic heterocycles. The minimum atomic E-state index is 0.673. The van der Waals surface area contributed by atoms with Crippen LogP contribution in [-0.2, 0) is 12.8 Å². The smallest absolute Gasteiger partial charge is 0.0426 e. The molecule has 2 rings (SSSR count). The molecule has 0 saturated heterocycles. The first-order chi connectivity index (χ1) is 8.58. The van der Waals surface area contributed by atoms with Crippen LogP contribution in [0.1, 0.15) is 16.7 Å². The zero-order valence-electron chi connectivity index (χ0n) is 10.4. The Morgan fingerprint density at radius 1 is 1.00 bits per heavy atom. The maximum Gasteiger partial charge on any atom is 0.0426 e. The third-order valence-electron chi connectivity index (χ3n) is 3.19. The van der Waals surface area contributed by atoms with Gasteiger partial charge in [-0.15, -0.1) is 0 Å². The molecule has 0 heterocycles. The molecule has 0 amide bonds. The Labute approximate surface area is 113 Å². The molecule has 0 radical (unpaired) electrons. The molecule has 94 valence electrons. The Morgan fingerprint density at radius 3 is 2.44 bits per heavy atom. The number of rotatable bonds is 3. The van der Waals surface area contributed by atoms with Gasteiger partial charge in [0.1, 0.15) is 0 Å². The lowest BCUT2D eigenvalue weighted by atomic mass is 10.00. The Hall–Kier alpha value is -1.67. The van der Waals surface area contributed by atoms with Crippen molar-refractivity contribution in [3.05, 3.63) is 58.1 Å². The summed E-state index contributed by atoms with van der Waals surface area (Å²) in [5, 5.41) is 0.673. The highest BCUT2D eigenvalue weighted by molar-refractivity contribution is 6.30. The van der Waals surface area contributed by atoms with Crippen molar-refractivity contribution in [1.29, 1.82) is 0 Å². The fraction of sp³-hybridized carbons (Fsp3) is 0.200. The van der Waals surface area contributed by atoms with E-state index in [4.69, 9.17) is 23.1 Å². The van der Waals surface area contributed by atoms with Gasteiger partial charge < -0.3 is 11.5 Å². The summed E-state index contributed by atoms with van der Waals surface area (Å²) in [6.07, 6.45) is 1.76. The van der Waals surface area contributed by atoms with E-state index in [1.54, 1.807) is 6.07 Å². The topological polar surface area (TPSA) is 52.0 Å². The lowest BCUT2D eigenvalue weighted by molar-refractivity contribution is 0.964. The largest absolute Gasteiger partial charge is 0.398 e. The minimum absolute atomic E-state index is 0.673. The molecule has 0 unspecified atom stereocenters. The number of benzene rings is 2. The molecule has 2 aromatic rings. The van der Waals surface area contributed by atoms with E-state index in [-0.39, 0.29) is 0 Å². The molecule has 0 fully saturated rings. The van der Waals surface area contributed by atoms with Crippen molar-refractivity contribution in [2.75, 3.05) is 11.5 Å². The molecular formula is C15H17ClN2. The second kappa shape index (κ2) is 5.32. The molecule has 4 N–H and O–H groups in total. The highest BCUT2D eigenvalue weighted by atomic mass is 35.5. The molecule has 0 saturated carbocycles. The van der Waals surface area contributed by atoms with Gasteiger partial charge in [0.15, 0.2) is 0 Å². The van der Waals surface area contributed by atoms with Crippen LogP contribution in [0.25, 0.3) is 0 Å². The zero-order valence-corrected chi connectivity index (χ0v) is 11.2. The van der Waals surface area contributed by atoms with Gasteiger partial charge in [-0.3, -0.25) is 0 Å². The number of nitrogens with two attached hydrogens (primary N) is 2. The van der Waals surface area contributed by atoms with Crippen LogP contribution >= 0.6 is 11.6 Å². The van der Waals surface area contributed by atoms with Crippen LogP contribution in [0.5, 0.6) is 0 Å². The first-order valence-electron chi connectivity index (χ1n) is 5.96. The fourth-order valence-electron chi connectivity index (χ4n) is 2.02. The Kier molecular flexibility index (Phi) is 3.78. The van der Waals surface area contributed by atoms with E-state index in [0.29, 0.717) is 5.02 Å². The Morgan fingerprint density at radius 2 is 1.72 bits per heavy atom. The van der Waals surface area contributed by atoms with Crippen molar-refractivity contribution in [2.45, 2.75) is 19.8 Å². The van der Waals surface area contributed by atoms with Crippen LogP contribution in [0.2, 0.25) is 5.02 Å². The quantitative estimate of drug-likeness (QED) is 0.829. The third kappa shape index (κ3) is 2.77. The molecule has 0 bridgehead atoms. The van der Waals surface area contributed by atoms with E-state index in [0.717, 1.165) is 35.3 Å². The summed E-state index contributed by atoms with van der Waals surface area (Å²) in [6.45, 7) is 2.02. The maximum absolute atomic E-state index is 6.06. The standard InChI is InChI=1S/C15H17ClN2/c1-10-3-2-4-12(15(10)18)6-5-11-7-8-13(16)9-14(11)17/h2-4,7-9H,5-6,17-18H2,1H3. The number of aryl methyl sites for hydroxylation is 3. The second-order valence-corrected chi connectivity index (χ2v) is 4.93. The van der Waals surface area contributed by atoms with Crippen LogP contribution in [0.15, 0.2) is 36.4 Å². The predicted octanol–water partition coefficient (Wildman–Crippen LogP) is 3.60. The summed E-state index contributed by atoms with van der Waals surface area (Å²) in [7, 11) is 0. The summed E-state index contributed by atoms with van der Waals surface area (Å²) in [5.74, 6) is 0. The predicted molar refractivity (Wildman–Crippen MR) is 78.9 cm³/mol. The van der Waals surface area contributed by atoms with Crippen molar-refractivity contribution in [3.8, 4) is 0 Å². The number of hydrogen-bond donors (Lipinski definition) is 2. The van der Waals surface area contributed by atoms with E-state index in [1.165, 1.54) is 5.56 Å². The molecule has 0 aliphatic carbocycles. The van der Waals surface area contributed by atoms with Gasteiger partial charge in [-0.2, -0.15) is 0 Å². The normalized spacial score (nSPS) is 10.6. The van der Waals surface area contributed by atoms with E-state index in [1.807, 2.05) is 31.2 Å². The van der Waals surface area contributed by atoms with Crippen LogP contribution in [0, 0.1) is 6.92 Å². The minimum Gasteiger partial charge on any atom is -0.398 e. The van der Waals surface area contributed by atoms with Crippen molar-refractivity contribution >= 4 is 23.0 Å². The molecule has 0 aliphatic heterocycles. The summed E-state index contributed by atoms with van der Waals surface area (Å²) in [5.41, 5.74) is 17.0. The van der Waals surface area contributed by atoms with Gasteiger partial charge >= 0.3 is 0 Å². The Balaban J connectivity index is 2.14. The van der Waals surface area contributed by atoms with E-state index in [9.17, 15) is 0 Å². The van der Waals surface area contributed by atoms with Gasteiger partial charge in [0.2, 0.25) is 0 Å². The van der Waals surface area contributed by atoms with Crippen LogP contribution < -0.4 is 11.5 Å². The SMILES string of the molecule is Cc1cccc(CCc2ccc(Cl)cc2N)c1N. The zero-order chi connectivity index (χ0) is 13.1. The van der Waals surface area contributed by atoms with Gasteiger partial charge in [-0.25, -0.2) is 0 Å². The molecular weight excluding hydrogens is 244 g/mol. The van der Waals surface area contributed by atoms with Crippen LogP contribution in [-0.4, -0.2) is 0 Å².